The topological polar surface area (TPSA) is 86.4 Å². The van der Waals surface area contributed by atoms with Gasteiger partial charge in [-0.3, -0.25) is 19.6 Å². The Balaban J connectivity index is 1.83. The van der Waals surface area contributed by atoms with E-state index in [0.29, 0.717) is 21.4 Å². The molecule has 0 saturated carbocycles. The normalized spacial score (nSPS) is 11.9. The Morgan fingerprint density at radius 3 is 2.71 bits per heavy atom. The molecule has 4 rings (SSSR count). The number of hydrogen-bond acceptors (Lipinski definition) is 6. The first kappa shape index (κ1) is 18.5. The van der Waals surface area contributed by atoms with Crippen molar-refractivity contribution in [1.82, 2.24) is 14.5 Å². The molecule has 7 nitrogen and oxygen atoms in total. The number of nitrogens with zero attached hydrogens (tertiary/aromatic N) is 4. The summed E-state index contributed by atoms with van der Waals surface area (Å²) in [4.78, 5) is 37.7. The van der Waals surface area contributed by atoms with Crippen molar-refractivity contribution in [3.8, 4) is 0 Å². The molecule has 28 heavy (non-hydrogen) atoms. The predicted octanol–water partition coefficient (Wildman–Crippen LogP) is 3.32. The van der Waals surface area contributed by atoms with E-state index in [2.05, 4.69) is 30.9 Å². The third kappa shape index (κ3) is 3.58. The van der Waals surface area contributed by atoms with Crippen molar-refractivity contribution in [3.05, 3.63) is 63.6 Å². The number of thiazole rings is 1. The van der Waals surface area contributed by atoms with Gasteiger partial charge in [0.1, 0.15) is 6.54 Å². The minimum atomic E-state index is -0.420. The van der Waals surface area contributed by atoms with Gasteiger partial charge in [0.05, 0.1) is 28.4 Å². The lowest BCUT2D eigenvalue weighted by molar-refractivity contribution is -0.141. The zero-order valence-electron chi connectivity index (χ0n) is 14.6. The third-order valence-electron chi connectivity index (χ3n) is 4.07. The van der Waals surface area contributed by atoms with Gasteiger partial charge in [0.2, 0.25) is 0 Å². The van der Waals surface area contributed by atoms with Crippen molar-refractivity contribution >= 4 is 60.4 Å². The second-order valence-corrected chi connectivity index (χ2v) is 7.76. The predicted molar refractivity (Wildman–Crippen MR) is 109 cm³/mol. The monoisotopic (exact) mass is 456 g/mol. The van der Waals surface area contributed by atoms with Gasteiger partial charge < -0.3 is 9.30 Å². The zero-order valence-corrected chi connectivity index (χ0v) is 17.0. The van der Waals surface area contributed by atoms with Gasteiger partial charge in [-0.15, -0.1) is 0 Å². The number of fused-ring (bicyclic) bond motifs is 2. The average Bonchev–Trinajstić information content (AvgIpc) is 3.03. The van der Waals surface area contributed by atoms with Crippen LogP contribution in [0.5, 0.6) is 0 Å². The van der Waals surface area contributed by atoms with Crippen LogP contribution < -0.4 is 4.80 Å². The fourth-order valence-corrected chi connectivity index (χ4v) is 4.31. The summed E-state index contributed by atoms with van der Waals surface area (Å²) in [5, 5.41) is 0. The van der Waals surface area contributed by atoms with Gasteiger partial charge in [0.25, 0.3) is 5.91 Å². The first-order chi connectivity index (χ1) is 13.5. The van der Waals surface area contributed by atoms with Gasteiger partial charge in [-0.2, -0.15) is 4.99 Å². The number of halogens is 1. The molecule has 0 aliphatic carbocycles. The van der Waals surface area contributed by atoms with E-state index in [4.69, 9.17) is 4.74 Å². The molecule has 4 aromatic rings. The minimum Gasteiger partial charge on any atom is -0.468 e. The maximum absolute atomic E-state index is 12.8. The summed E-state index contributed by atoms with van der Waals surface area (Å²) < 4.78 is 8.26. The van der Waals surface area contributed by atoms with Gasteiger partial charge in [-0.1, -0.05) is 27.3 Å². The third-order valence-corrected chi connectivity index (χ3v) is 5.61. The Hall–Kier alpha value is -2.91. The molecule has 0 aliphatic heterocycles. The maximum atomic E-state index is 12.8. The van der Waals surface area contributed by atoms with Crippen LogP contribution in [0.4, 0.5) is 0 Å². The Kier molecular flexibility index (Phi) is 5.01. The molecule has 0 fully saturated rings. The van der Waals surface area contributed by atoms with E-state index < -0.39 is 11.9 Å². The molecule has 2 heterocycles. The summed E-state index contributed by atoms with van der Waals surface area (Å²) in [5.74, 6) is -0.839. The molecule has 0 unspecified atom stereocenters. The fraction of sp³-hybridized carbons (Fsp3) is 0.105. The fourth-order valence-electron chi connectivity index (χ4n) is 2.73. The first-order valence-electron chi connectivity index (χ1n) is 8.21. The number of rotatable bonds is 3. The lowest BCUT2D eigenvalue weighted by atomic mass is 10.2. The number of esters is 1. The van der Waals surface area contributed by atoms with E-state index in [0.717, 1.165) is 14.7 Å². The van der Waals surface area contributed by atoms with Crippen molar-refractivity contribution in [3.63, 3.8) is 0 Å². The number of benzene rings is 2. The quantitative estimate of drug-likeness (QED) is 0.441. The van der Waals surface area contributed by atoms with Crippen LogP contribution in [-0.2, 0) is 16.1 Å². The largest absolute Gasteiger partial charge is 0.468 e. The van der Waals surface area contributed by atoms with Crippen LogP contribution in [0.3, 0.4) is 0 Å². The van der Waals surface area contributed by atoms with E-state index in [1.165, 1.54) is 18.4 Å². The van der Waals surface area contributed by atoms with Crippen molar-refractivity contribution in [2.75, 3.05) is 7.11 Å². The number of carbonyl (C=O) groups excluding carboxylic acids is 2. The molecule has 0 bridgehead atoms. The lowest BCUT2D eigenvalue weighted by Crippen LogP contribution is -2.22. The van der Waals surface area contributed by atoms with Crippen molar-refractivity contribution < 1.29 is 14.3 Å². The van der Waals surface area contributed by atoms with E-state index in [1.54, 1.807) is 35.2 Å². The molecule has 0 atom stereocenters. The molecular formula is C19H13BrN4O3S. The Morgan fingerprint density at radius 2 is 1.93 bits per heavy atom. The summed E-state index contributed by atoms with van der Waals surface area (Å²) in [7, 11) is 1.33. The van der Waals surface area contributed by atoms with Crippen LogP contribution in [0.15, 0.2) is 58.3 Å². The van der Waals surface area contributed by atoms with Crippen molar-refractivity contribution in [1.29, 1.82) is 0 Å². The second kappa shape index (κ2) is 7.61. The van der Waals surface area contributed by atoms with E-state index in [-0.39, 0.29) is 6.54 Å². The SMILES string of the molecule is COC(=O)Cn1c(=NC(=O)c2ccc3nccnc3c2)sc2cc(Br)ccc21. The van der Waals surface area contributed by atoms with E-state index in [1.807, 2.05) is 18.2 Å². The highest BCUT2D eigenvalue weighted by Crippen LogP contribution is 2.22. The highest BCUT2D eigenvalue weighted by atomic mass is 79.9. The molecule has 140 valence electrons. The van der Waals surface area contributed by atoms with Gasteiger partial charge in [-0.25, -0.2) is 0 Å². The van der Waals surface area contributed by atoms with Crippen LogP contribution >= 0.6 is 27.3 Å². The Morgan fingerprint density at radius 1 is 1.14 bits per heavy atom. The number of methoxy groups -OCH3 is 1. The highest BCUT2D eigenvalue weighted by molar-refractivity contribution is 9.10. The van der Waals surface area contributed by atoms with Crippen LogP contribution in [0.25, 0.3) is 21.3 Å². The number of carbonyl (C=O) groups is 2. The molecule has 0 radical (unpaired) electrons. The van der Waals surface area contributed by atoms with Crippen molar-refractivity contribution in [2.24, 2.45) is 4.99 Å². The van der Waals surface area contributed by atoms with Crippen LogP contribution in [0, 0.1) is 0 Å². The lowest BCUT2D eigenvalue weighted by Gasteiger charge is -2.04. The smallest absolute Gasteiger partial charge is 0.325 e. The summed E-state index contributed by atoms with van der Waals surface area (Å²) in [6.07, 6.45) is 3.17. The standard InChI is InChI=1S/C19H13BrN4O3S/c1-27-17(25)10-24-15-5-3-12(20)9-16(15)28-19(24)23-18(26)11-2-4-13-14(8-11)22-7-6-21-13/h2-9H,10H2,1H3. The number of hydrogen-bond donors (Lipinski definition) is 0. The molecule has 0 saturated heterocycles. The molecule has 2 aromatic heterocycles. The van der Waals surface area contributed by atoms with Crippen LogP contribution in [0.1, 0.15) is 10.4 Å². The van der Waals surface area contributed by atoms with Gasteiger partial charge in [0, 0.05) is 22.4 Å². The number of aromatic nitrogens is 3. The second-order valence-electron chi connectivity index (χ2n) is 5.84. The molecule has 0 aliphatic rings. The highest BCUT2D eigenvalue weighted by Gasteiger charge is 2.13. The molecule has 9 heteroatoms. The summed E-state index contributed by atoms with van der Waals surface area (Å²) >= 11 is 4.76. The molecular weight excluding hydrogens is 444 g/mol. The first-order valence-corrected chi connectivity index (χ1v) is 9.81. The Labute approximate surface area is 171 Å². The zero-order chi connectivity index (χ0) is 19.7. The summed E-state index contributed by atoms with van der Waals surface area (Å²) in [5.41, 5.74) is 2.52. The van der Waals surface area contributed by atoms with E-state index >= 15 is 0 Å². The molecule has 1 amide bonds. The summed E-state index contributed by atoms with van der Waals surface area (Å²) in [6, 6.07) is 10.7. The van der Waals surface area contributed by atoms with Gasteiger partial charge in [-0.05, 0) is 36.4 Å². The minimum absolute atomic E-state index is 0.0343. The van der Waals surface area contributed by atoms with Gasteiger partial charge >= 0.3 is 5.97 Å². The van der Waals surface area contributed by atoms with Crippen molar-refractivity contribution in [2.45, 2.75) is 6.54 Å². The van der Waals surface area contributed by atoms with Crippen LogP contribution in [0.2, 0.25) is 0 Å². The van der Waals surface area contributed by atoms with E-state index in [9.17, 15) is 9.59 Å². The number of amides is 1. The molecule has 2 aromatic carbocycles. The molecule has 0 spiro atoms. The summed E-state index contributed by atoms with van der Waals surface area (Å²) in [6.45, 7) is -0.0343. The van der Waals surface area contributed by atoms with Gasteiger partial charge in [0.15, 0.2) is 4.80 Å². The Bertz CT molecular complexity index is 1300. The molecule has 0 N–H and O–H groups in total. The average molecular weight is 457 g/mol. The van der Waals surface area contributed by atoms with Crippen LogP contribution in [-0.4, -0.2) is 33.5 Å². The number of ether oxygens (including phenoxy) is 1. The maximum Gasteiger partial charge on any atom is 0.325 e.